The Morgan fingerprint density at radius 3 is 2.39 bits per heavy atom. The van der Waals surface area contributed by atoms with Crippen LogP contribution in [-0.4, -0.2) is 26.5 Å². The molecule has 0 aromatic heterocycles. The molecule has 0 radical (unpaired) electrons. The number of alkyl halides is 1. The van der Waals surface area contributed by atoms with Gasteiger partial charge in [-0.25, -0.2) is 12.8 Å². The van der Waals surface area contributed by atoms with Gasteiger partial charge in [0.05, 0.1) is 4.90 Å². The molecule has 8 heteroatoms. The first-order valence-corrected chi connectivity index (χ1v) is 9.08. The number of halogens is 1. The Hall–Kier alpha value is -1.96. The van der Waals surface area contributed by atoms with Crippen LogP contribution in [0.25, 0.3) is 0 Å². The van der Waals surface area contributed by atoms with Gasteiger partial charge in [0, 0.05) is 17.4 Å². The van der Waals surface area contributed by atoms with Gasteiger partial charge >= 0.3 is 0 Å². The Balaban J connectivity index is 3.69. The molecular weight excluding hydrogens is 321 g/mol. The van der Waals surface area contributed by atoms with Crippen LogP contribution in [0.4, 0.5) is 4.39 Å². The lowest BCUT2D eigenvalue weighted by Crippen LogP contribution is -2.24. The molecule has 1 amide bonds. The SMILES string of the molecule is CCCC(C)c1ccc(C(=O)N=C(N)N)c(CF)c1S(C)(=O)=O. The fourth-order valence-corrected chi connectivity index (χ4v) is 3.88. The quantitative estimate of drug-likeness (QED) is 0.604. The molecule has 0 aliphatic carbocycles. The minimum atomic E-state index is -3.73. The molecular formula is C15H22FN3O3S. The van der Waals surface area contributed by atoms with Crippen LogP contribution in [0.1, 0.15) is 54.1 Å². The maximum Gasteiger partial charge on any atom is 0.280 e. The van der Waals surface area contributed by atoms with Crippen LogP contribution in [0.15, 0.2) is 22.0 Å². The first kappa shape index (κ1) is 19.1. The highest BCUT2D eigenvalue weighted by Crippen LogP contribution is 2.33. The highest BCUT2D eigenvalue weighted by atomic mass is 32.2. The highest BCUT2D eigenvalue weighted by molar-refractivity contribution is 7.90. The van der Waals surface area contributed by atoms with Gasteiger partial charge in [0.2, 0.25) is 0 Å². The number of hydrogen-bond acceptors (Lipinski definition) is 3. The van der Waals surface area contributed by atoms with E-state index in [2.05, 4.69) is 4.99 Å². The van der Waals surface area contributed by atoms with Gasteiger partial charge < -0.3 is 11.5 Å². The number of carbonyl (C=O) groups excluding carboxylic acids is 1. The van der Waals surface area contributed by atoms with Crippen molar-refractivity contribution >= 4 is 21.7 Å². The van der Waals surface area contributed by atoms with Crippen LogP contribution in [0.5, 0.6) is 0 Å². The maximum absolute atomic E-state index is 13.6. The molecule has 0 spiro atoms. The summed E-state index contributed by atoms with van der Waals surface area (Å²) in [7, 11) is -3.73. The smallest absolute Gasteiger partial charge is 0.280 e. The third-order valence-corrected chi connectivity index (χ3v) is 4.73. The van der Waals surface area contributed by atoms with Crippen molar-refractivity contribution in [2.45, 2.75) is 44.2 Å². The van der Waals surface area contributed by atoms with Crippen molar-refractivity contribution in [1.29, 1.82) is 0 Å². The zero-order valence-electron chi connectivity index (χ0n) is 13.5. The minimum Gasteiger partial charge on any atom is -0.370 e. The van der Waals surface area contributed by atoms with Crippen LogP contribution in [-0.2, 0) is 16.5 Å². The second kappa shape index (κ2) is 7.54. The number of sulfone groups is 1. The molecule has 0 bridgehead atoms. The number of aliphatic imine (C=N–C) groups is 1. The first-order valence-electron chi connectivity index (χ1n) is 7.19. The number of nitrogens with zero attached hydrogens (tertiary/aromatic N) is 1. The van der Waals surface area contributed by atoms with Crippen LogP contribution >= 0.6 is 0 Å². The van der Waals surface area contributed by atoms with Crippen molar-refractivity contribution in [3.8, 4) is 0 Å². The summed E-state index contributed by atoms with van der Waals surface area (Å²) in [6.07, 6.45) is 2.60. The van der Waals surface area contributed by atoms with Gasteiger partial charge in [0.1, 0.15) is 6.67 Å². The zero-order valence-corrected chi connectivity index (χ0v) is 14.3. The lowest BCUT2D eigenvalue weighted by atomic mass is 9.93. The molecule has 0 heterocycles. The van der Waals surface area contributed by atoms with Crippen molar-refractivity contribution in [3.63, 3.8) is 0 Å². The normalized spacial score (nSPS) is 12.7. The number of amides is 1. The second-order valence-corrected chi connectivity index (χ2v) is 7.40. The van der Waals surface area contributed by atoms with Gasteiger partial charge in [-0.3, -0.25) is 4.79 Å². The fourth-order valence-electron chi connectivity index (χ4n) is 2.57. The van der Waals surface area contributed by atoms with Crippen molar-refractivity contribution in [2.75, 3.05) is 6.26 Å². The van der Waals surface area contributed by atoms with Gasteiger partial charge in [-0.15, -0.1) is 0 Å². The van der Waals surface area contributed by atoms with Crippen LogP contribution in [0, 0.1) is 0 Å². The third-order valence-electron chi connectivity index (χ3n) is 3.51. The van der Waals surface area contributed by atoms with Crippen LogP contribution < -0.4 is 11.5 Å². The molecule has 0 saturated heterocycles. The lowest BCUT2D eigenvalue weighted by Gasteiger charge is -2.19. The molecule has 0 aliphatic heterocycles. The van der Waals surface area contributed by atoms with E-state index in [0.717, 1.165) is 19.1 Å². The second-order valence-electron chi connectivity index (χ2n) is 5.45. The summed E-state index contributed by atoms with van der Waals surface area (Å²) in [5.41, 5.74) is 10.5. The molecule has 1 unspecified atom stereocenters. The number of guanidine groups is 1. The van der Waals surface area contributed by atoms with Gasteiger partial charge in [0.25, 0.3) is 5.91 Å². The molecule has 4 N–H and O–H groups in total. The van der Waals surface area contributed by atoms with Gasteiger partial charge in [0.15, 0.2) is 15.8 Å². The van der Waals surface area contributed by atoms with Gasteiger partial charge in [-0.2, -0.15) is 4.99 Å². The van der Waals surface area contributed by atoms with E-state index < -0.39 is 28.4 Å². The highest BCUT2D eigenvalue weighted by Gasteiger charge is 2.26. The molecule has 6 nitrogen and oxygen atoms in total. The Kier molecular flexibility index (Phi) is 6.26. The molecule has 23 heavy (non-hydrogen) atoms. The monoisotopic (exact) mass is 343 g/mol. The molecule has 0 fully saturated rings. The summed E-state index contributed by atoms with van der Waals surface area (Å²) in [6, 6.07) is 2.91. The predicted octanol–water partition coefficient (Wildman–Crippen LogP) is 1.88. The molecule has 0 aliphatic rings. The summed E-state index contributed by atoms with van der Waals surface area (Å²) < 4.78 is 37.9. The predicted molar refractivity (Wildman–Crippen MR) is 87.8 cm³/mol. The standard InChI is InChI=1S/C15H22FN3O3S/c1-4-5-9(2)10-6-7-11(14(20)19-15(17)18)12(8-16)13(10)23(3,21)22/h6-7,9H,4-5,8H2,1-3H3,(H4,17,18,19,20). The molecule has 1 rings (SSSR count). The number of carbonyl (C=O) groups is 1. The van der Waals surface area contributed by atoms with E-state index in [4.69, 9.17) is 11.5 Å². The minimum absolute atomic E-state index is 0.0812. The molecule has 1 aromatic rings. The third kappa shape index (κ3) is 4.51. The van der Waals surface area contributed by atoms with E-state index in [0.29, 0.717) is 5.56 Å². The Labute approximate surface area is 135 Å². The Morgan fingerprint density at radius 1 is 1.35 bits per heavy atom. The number of nitrogens with two attached hydrogens (primary N) is 2. The number of rotatable bonds is 6. The topological polar surface area (TPSA) is 116 Å². The molecule has 1 atom stereocenters. The summed E-state index contributed by atoms with van der Waals surface area (Å²) in [6.45, 7) is 2.74. The van der Waals surface area contributed by atoms with E-state index in [1.54, 1.807) is 0 Å². The van der Waals surface area contributed by atoms with E-state index in [1.807, 2.05) is 13.8 Å². The summed E-state index contributed by atoms with van der Waals surface area (Å²) in [4.78, 5) is 15.2. The molecule has 0 saturated carbocycles. The van der Waals surface area contributed by atoms with Crippen molar-refractivity contribution in [1.82, 2.24) is 0 Å². The average molecular weight is 343 g/mol. The van der Waals surface area contributed by atoms with E-state index in [9.17, 15) is 17.6 Å². The van der Waals surface area contributed by atoms with Gasteiger partial charge in [-0.1, -0.05) is 26.3 Å². The average Bonchev–Trinajstić information content (AvgIpc) is 2.44. The Morgan fingerprint density at radius 2 is 1.96 bits per heavy atom. The molecule has 128 valence electrons. The van der Waals surface area contributed by atoms with Crippen LogP contribution in [0.2, 0.25) is 0 Å². The summed E-state index contributed by atoms with van der Waals surface area (Å²) >= 11 is 0. The van der Waals surface area contributed by atoms with E-state index in [1.165, 1.54) is 12.1 Å². The summed E-state index contributed by atoms with van der Waals surface area (Å²) in [5.74, 6) is -1.41. The van der Waals surface area contributed by atoms with Gasteiger partial charge in [-0.05, 0) is 24.0 Å². The zero-order chi connectivity index (χ0) is 17.8. The number of benzene rings is 1. The van der Waals surface area contributed by atoms with E-state index >= 15 is 0 Å². The maximum atomic E-state index is 13.6. The van der Waals surface area contributed by atoms with E-state index in [-0.39, 0.29) is 21.9 Å². The van der Waals surface area contributed by atoms with Crippen LogP contribution in [0.3, 0.4) is 0 Å². The van der Waals surface area contributed by atoms with Crippen molar-refractivity contribution < 1.29 is 17.6 Å². The fraction of sp³-hybridized carbons (Fsp3) is 0.467. The lowest BCUT2D eigenvalue weighted by molar-refractivity contribution is 0.100. The first-order chi connectivity index (χ1) is 10.6. The molecule has 1 aromatic carbocycles. The van der Waals surface area contributed by atoms with Crippen molar-refractivity contribution in [3.05, 3.63) is 28.8 Å². The van der Waals surface area contributed by atoms with Crippen molar-refractivity contribution in [2.24, 2.45) is 16.5 Å². The number of hydrogen-bond donors (Lipinski definition) is 2. The Bertz CT molecular complexity index is 726. The summed E-state index contributed by atoms with van der Waals surface area (Å²) in [5, 5.41) is 0. The largest absolute Gasteiger partial charge is 0.370 e.